The Bertz CT molecular complexity index is 2500. The van der Waals surface area contributed by atoms with Crippen LogP contribution < -0.4 is 31.9 Å². The molecule has 1 heterocycles. The third kappa shape index (κ3) is 70.8. The normalized spacial score (nSPS) is 12.3. The number of carboxylic acid groups (broad SMARTS) is 4. The topological polar surface area (TPSA) is 478 Å². The van der Waals surface area contributed by atoms with Crippen LogP contribution in [0.15, 0.2) is 0 Å². The molecule has 0 radical (unpaired) electrons. The van der Waals surface area contributed by atoms with Crippen LogP contribution in [0.4, 0.5) is 0 Å². The van der Waals surface area contributed by atoms with Crippen LogP contribution in [0.2, 0.25) is 0 Å². The molecule has 8 amide bonds. The number of aliphatic carboxylic acids is 4. The first-order chi connectivity index (χ1) is 52.6. The molecule has 0 saturated carbocycles. The van der Waals surface area contributed by atoms with Crippen molar-refractivity contribution in [3.8, 4) is 0 Å². The number of nitrogens with one attached hydrogen (secondary N) is 6. The maximum Gasteiger partial charge on any atom is 0.358 e. The highest BCUT2D eigenvalue weighted by molar-refractivity contribution is 6.01. The van der Waals surface area contributed by atoms with Gasteiger partial charge in [-0.3, -0.25) is 52.7 Å². The zero-order valence-corrected chi connectivity index (χ0v) is 64.8. The number of amides is 8. The quantitative estimate of drug-likeness (QED) is 0.0242. The smallest absolute Gasteiger partial charge is 0.358 e. The highest BCUT2D eigenvalue weighted by Gasteiger charge is 2.33. The van der Waals surface area contributed by atoms with Gasteiger partial charge >= 0.3 is 29.8 Å². The van der Waals surface area contributed by atoms with Gasteiger partial charge in [0.2, 0.25) is 35.4 Å². The molecule has 109 heavy (non-hydrogen) atoms. The minimum absolute atomic E-state index is 0.00197. The van der Waals surface area contributed by atoms with Crippen molar-refractivity contribution in [1.29, 1.82) is 0 Å². The minimum Gasteiger partial charge on any atom is -0.481 e. The standard InChI is InChI=1S/C39H66N4O15.C36H65N3O12/c44-32(18-17-31(39(52)53)42-33(45)15-13-11-9-7-5-3-1-2-4-6-8-10-12-14-16-37(49)50)40-21-23-54-25-27-56-29-34(46)41-22-24-55-26-28-57-30-38(51)58-43-35(47)19-20-36(43)48;1-30(40)28-50-26-24-49-23-21-38-34(43)29-51-27-25-48-22-20-37-32(41)19-18-31(36(46)47)39-33(42)16-14-12-10-8-6-4-2-3-5-7-9-11-13-15-17-35(44)45/h31H,1-30H2,(H,40,44)(H,41,46)(H,42,45)(H,49,50)(H,52,53);31H,2-29H2,1H3,(H,37,41)(H,38,43)(H,39,42)(H,44,45)(H,46,47)/t2*31-/m00/s1. The first-order valence-corrected chi connectivity index (χ1v) is 39.3. The molecular formula is C75H131N7O27. The number of carbonyl (C=O) groups is 14. The van der Waals surface area contributed by atoms with Gasteiger partial charge in [-0.2, -0.15) is 0 Å². The Labute approximate surface area is 642 Å². The van der Waals surface area contributed by atoms with E-state index in [0.29, 0.717) is 44.3 Å². The number of rotatable bonds is 77. The van der Waals surface area contributed by atoms with Gasteiger partial charge in [-0.15, -0.1) is 5.06 Å². The van der Waals surface area contributed by atoms with E-state index in [1.54, 1.807) is 0 Å². The van der Waals surface area contributed by atoms with E-state index in [0.717, 1.165) is 83.5 Å². The third-order valence-corrected chi connectivity index (χ3v) is 16.6. The molecule has 2 atom stereocenters. The van der Waals surface area contributed by atoms with Crippen LogP contribution in [0.5, 0.6) is 0 Å². The number of imide groups is 1. The molecular weight excluding hydrogens is 1430 g/mol. The SMILES string of the molecule is CC(=O)COCCOCCNC(=O)COCCOCCNC(=O)CC[C@H](NC(=O)CCCCCCCCCCCCCCCCC(=O)O)C(=O)O.O=C(O)CCCCCCCCCCCCCCCCC(=O)N[C@@H](CCC(=O)NCCOCCOCC(=O)NCCOCCOCC(=O)ON1C(=O)CCC1=O)C(=O)O. The molecule has 0 bridgehead atoms. The van der Waals surface area contributed by atoms with Crippen LogP contribution in [0.25, 0.3) is 0 Å². The van der Waals surface area contributed by atoms with Crippen molar-refractivity contribution in [3.05, 3.63) is 0 Å². The van der Waals surface area contributed by atoms with E-state index in [1.165, 1.54) is 90.4 Å². The van der Waals surface area contributed by atoms with Crippen molar-refractivity contribution in [2.24, 2.45) is 0 Å². The van der Waals surface area contributed by atoms with Crippen molar-refractivity contribution < 1.29 is 130 Å². The largest absolute Gasteiger partial charge is 0.481 e. The second kappa shape index (κ2) is 73.5. The van der Waals surface area contributed by atoms with E-state index >= 15 is 0 Å². The van der Waals surface area contributed by atoms with Crippen molar-refractivity contribution in [2.45, 2.75) is 263 Å². The first-order valence-electron chi connectivity index (χ1n) is 39.3. The fourth-order valence-electron chi connectivity index (χ4n) is 10.7. The van der Waals surface area contributed by atoms with Crippen LogP contribution in [0.1, 0.15) is 251 Å². The average Bonchev–Trinajstić information content (AvgIpc) is 1.74. The van der Waals surface area contributed by atoms with Crippen LogP contribution in [-0.2, 0) is 110 Å². The molecule has 10 N–H and O–H groups in total. The third-order valence-electron chi connectivity index (χ3n) is 16.6. The van der Waals surface area contributed by atoms with Gasteiger partial charge < -0.3 is 95.1 Å². The summed E-state index contributed by atoms with van der Waals surface area (Å²) >= 11 is 0. The van der Waals surface area contributed by atoms with Crippen LogP contribution >= 0.6 is 0 Å². The molecule has 0 spiro atoms. The molecule has 1 aliphatic rings. The lowest BCUT2D eigenvalue weighted by atomic mass is 10.0. The molecule has 628 valence electrons. The molecule has 0 aliphatic carbocycles. The van der Waals surface area contributed by atoms with E-state index in [9.17, 15) is 77.3 Å². The molecule has 0 aromatic rings. The fraction of sp³-hybridized carbons (Fsp3) is 0.813. The Hall–Kier alpha value is -7.34. The number of carboxylic acids is 4. The van der Waals surface area contributed by atoms with Gasteiger partial charge in [0.05, 0.1) is 79.3 Å². The van der Waals surface area contributed by atoms with Crippen LogP contribution in [0, 0.1) is 0 Å². The number of nitrogens with zero attached hydrogens (tertiary/aromatic N) is 1. The molecule has 34 heteroatoms. The number of Topliss-reactive ketones (excluding diaryl/α,β-unsaturated/α-hetero) is 1. The number of hydrogen-bond donors (Lipinski definition) is 10. The molecule has 0 aromatic carbocycles. The van der Waals surface area contributed by atoms with Crippen molar-refractivity contribution in [3.63, 3.8) is 0 Å². The predicted octanol–water partition coefficient (Wildman–Crippen LogP) is 6.12. The Morgan fingerprint density at radius 3 is 0.853 bits per heavy atom. The van der Waals surface area contributed by atoms with Crippen molar-refractivity contribution in [1.82, 2.24) is 37.0 Å². The van der Waals surface area contributed by atoms with Crippen molar-refractivity contribution >= 4 is 82.9 Å². The summed E-state index contributed by atoms with van der Waals surface area (Å²) in [6, 6.07) is -2.28. The minimum atomic E-state index is -1.19. The monoisotopic (exact) mass is 1560 g/mol. The summed E-state index contributed by atoms with van der Waals surface area (Å²) < 4.78 is 41.9. The molecule has 1 aliphatic heterocycles. The summed E-state index contributed by atoms with van der Waals surface area (Å²) in [5.41, 5.74) is 0. The molecule has 34 nitrogen and oxygen atoms in total. The zero-order valence-electron chi connectivity index (χ0n) is 64.8. The lowest BCUT2D eigenvalue weighted by molar-refractivity contribution is -0.200. The Balaban J connectivity index is 0.00000216. The van der Waals surface area contributed by atoms with Gasteiger partial charge in [0, 0.05) is 77.5 Å². The van der Waals surface area contributed by atoms with Gasteiger partial charge in [0.25, 0.3) is 11.8 Å². The Morgan fingerprint density at radius 1 is 0.312 bits per heavy atom. The summed E-state index contributed by atoms with van der Waals surface area (Å²) in [6.07, 6.45) is 31.0. The van der Waals surface area contributed by atoms with Crippen molar-refractivity contribution in [2.75, 3.05) is 132 Å². The highest BCUT2D eigenvalue weighted by Crippen LogP contribution is 2.17. The predicted molar refractivity (Wildman–Crippen MR) is 397 cm³/mol. The highest BCUT2D eigenvalue weighted by atomic mass is 16.7. The first kappa shape index (κ1) is 102. The van der Waals surface area contributed by atoms with Crippen LogP contribution in [-0.4, -0.2) is 252 Å². The number of ketones is 1. The second-order valence-corrected chi connectivity index (χ2v) is 26.5. The summed E-state index contributed by atoms with van der Waals surface area (Å²) in [4.78, 5) is 166. The number of hydrogen-bond acceptors (Lipinski definition) is 23. The number of carbonyl (C=O) groups excluding carboxylic acids is 10. The molecule has 1 saturated heterocycles. The Morgan fingerprint density at radius 2 is 0.569 bits per heavy atom. The second-order valence-electron chi connectivity index (χ2n) is 26.5. The summed E-state index contributed by atoms with van der Waals surface area (Å²) in [5.74, 6) is -7.92. The lowest BCUT2D eigenvalue weighted by Crippen LogP contribution is -2.41. The van der Waals surface area contributed by atoms with E-state index in [4.69, 9.17) is 48.1 Å². The Kier molecular flexibility index (Phi) is 68.5. The summed E-state index contributed by atoms with van der Waals surface area (Å²) in [7, 11) is 0. The summed E-state index contributed by atoms with van der Waals surface area (Å²) in [5, 5.41) is 52.3. The summed E-state index contributed by atoms with van der Waals surface area (Å²) in [6.45, 7) is 4.08. The molecule has 0 aromatic heterocycles. The van der Waals surface area contributed by atoms with Gasteiger partial charge in [-0.05, 0) is 45.4 Å². The molecule has 0 unspecified atom stereocenters. The molecule has 1 fully saturated rings. The maximum absolute atomic E-state index is 12.3. The lowest BCUT2D eigenvalue weighted by Gasteiger charge is -2.14. The fourth-order valence-corrected chi connectivity index (χ4v) is 10.7. The van der Waals surface area contributed by atoms with Gasteiger partial charge in [-0.1, -0.05) is 154 Å². The van der Waals surface area contributed by atoms with Gasteiger partial charge in [0.15, 0.2) is 5.78 Å². The van der Waals surface area contributed by atoms with E-state index in [-0.39, 0.29) is 204 Å². The van der Waals surface area contributed by atoms with E-state index in [2.05, 4.69) is 36.7 Å². The zero-order chi connectivity index (χ0) is 80.4. The van der Waals surface area contributed by atoms with Gasteiger partial charge in [-0.25, -0.2) is 14.4 Å². The van der Waals surface area contributed by atoms with Gasteiger partial charge in [0.1, 0.15) is 38.5 Å². The average molecular weight is 1560 g/mol. The number of hydroxylamine groups is 2. The van der Waals surface area contributed by atoms with Crippen LogP contribution in [0.3, 0.4) is 0 Å². The molecule has 1 rings (SSSR count). The van der Waals surface area contributed by atoms with E-state index in [1.807, 2.05) is 0 Å². The number of unbranched alkanes of at least 4 members (excludes halogenated alkanes) is 26. The number of ether oxygens (including phenoxy) is 8. The maximum atomic E-state index is 12.3. The van der Waals surface area contributed by atoms with E-state index < -0.39 is 60.4 Å².